The third kappa shape index (κ3) is 6.75. The first-order valence-electron chi connectivity index (χ1n) is 12.8. The Morgan fingerprint density at radius 1 is 1.32 bits per heavy atom. The van der Waals surface area contributed by atoms with Crippen molar-refractivity contribution in [1.82, 2.24) is 15.2 Å². The molecule has 0 bridgehead atoms. The smallest absolute Gasteiger partial charge is 0.314 e. The first kappa shape index (κ1) is 30.2. The van der Waals surface area contributed by atoms with Gasteiger partial charge in [-0.1, -0.05) is 5.16 Å². The standard InChI is InChI=1S/C25H33N5O7S3/c1-25(2,3)23(33)37-12-36-22(38)18-13(9-14-7-5-6-8-35-14)10-39-21-17(20(32)30(18)21)28-19(31)16(29-34-4)15-11-40-24(26)27-15/h11,14,17,21H,5-10,12H2,1-4H3,(H2,26,27)(H,28,31)/b29-16+/t14?,17?,21-/m1/s1. The van der Waals surface area contributed by atoms with Crippen LogP contribution in [0.15, 0.2) is 21.8 Å². The second-order valence-electron chi connectivity index (χ2n) is 10.4. The van der Waals surface area contributed by atoms with Crippen molar-refractivity contribution in [3.05, 3.63) is 22.3 Å². The number of nitrogens with zero attached hydrogens (tertiary/aromatic N) is 3. The first-order valence-corrected chi connectivity index (χ1v) is 15.1. The Bertz CT molecular complexity index is 1220. The van der Waals surface area contributed by atoms with Gasteiger partial charge < -0.3 is 30.1 Å². The van der Waals surface area contributed by atoms with Gasteiger partial charge in [0.25, 0.3) is 11.8 Å². The number of thiocarbonyl (C=S) groups is 1. The van der Waals surface area contributed by atoms with E-state index in [4.69, 9.17) is 37.0 Å². The Balaban J connectivity index is 1.50. The van der Waals surface area contributed by atoms with Crippen LogP contribution in [0.1, 0.15) is 52.1 Å². The highest BCUT2D eigenvalue weighted by Crippen LogP contribution is 2.42. The van der Waals surface area contributed by atoms with Crippen LogP contribution >= 0.6 is 35.3 Å². The number of rotatable bonds is 9. The molecule has 0 spiro atoms. The molecular weight excluding hydrogens is 579 g/mol. The number of thioether (sulfide) groups is 1. The van der Waals surface area contributed by atoms with Crippen LogP contribution in [0.25, 0.3) is 0 Å². The number of hydrogen-bond acceptors (Lipinski definition) is 13. The van der Waals surface area contributed by atoms with E-state index in [1.807, 2.05) is 0 Å². The van der Waals surface area contributed by atoms with Crippen LogP contribution in [0.2, 0.25) is 0 Å². The molecule has 218 valence electrons. The van der Waals surface area contributed by atoms with E-state index in [9.17, 15) is 14.4 Å². The number of fused-ring (bicyclic) bond motifs is 1. The fourth-order valence-corrected chi connectivity index (χ4v) is 6.60. The van der Waals surface area contributed by atoms with E-state index in [0.29, 0.717) is 24.5 Å². The van der Waals surface area contributed by atoms with E-state index in [0.717, 1.165) is 36.2 Å². The predicted octanol–water partition coefficient (Wildman–Crippen LogP) is 2.58. The molecule has 2 saturated heterocycles. The molecule has 12 nitrogen and oxygen atoms in total. The summed E-state index contributed by atoms with van der Waals surface area (Å²) in [6.45, 7) is 5.53. The molecule has 3 aliphatic heterocycles. The number of oxime groups is 1. The number of carbonyl (C=O) groups excluding carboxylic acids is 3. The predicted molar refractivity (Wildman–Crippen MR) is 154 cm³/mol. The first-order chi connectivity index (χ1) is 19.0. The van der Waals surface area contributed by atoms with Gasteiger partial charge >= 0.3 is 5.97 Å². The summed E-state index contributed by atoms with van der Waals surface area (Å²) in [5, 5.41) is 8.02. The van der Waals surface area contributed by atoms with Crippen LogP contribution in [-0.2, 0) is 33.4 Å². The third-order valence-corrected chi connectivity index (χ3v) is 8.75. The lowest BCUT2D eigenvalue weighted by molar-refractivity contribution is -0.160. The second kappa shape index (κ2) is 12.8. The number of carbonyl (C=O) groups is 3. The molecule has 3 aliphatic rings. The molecule has 3 atom stereocenters. The summed E-state index contributed by atoms with van der Waals surface area (Å²) in [5.41, 5.74) is 6.54. The Kier molecular flexibility index (Phi) is 9.69. The van der Waals surface area contributed by atoms with Gasteiger partial charge in [0.15, 0.2) is 10.8 Å². The van der Waals surface area contributed by atoms with Crippen LogP contribution < -0.4 is 11.1 Å². The lowest BCUT2D eigenvalue weighted by atomic mass is 9.97. The summed E-state index contributed by atoms with van der Waals surface area (Å²) in [6.07, 6.45) is 3.61. The summed E-state index contributed by atoms with van der Waals surface area (Å²) in [7, 11) is 1.31. The zero-order valence-electron chi connectivity index (χ0n) is 22.8. The van der Waals surface area contributed by atoms with Crippen LogP contribution in [0.4, 0.5) is 5.13 Å². The summed E-state index contributed by atoms with van der Waals surface area (Å²) in [5.74, 6) is -0.848. The Morgan fingerprint density at radius 2 is 2.10 bits per heavy atom. The maximum absolute atomic E-state index is 13.4. The van der Waals surface area contributed by atoms with Gasteiger partial charge in [0, 0.05) is 17.7 Å². The molecule has 1 aromatic rings. The number of β-lactam (4-membered cyclic amide) rings is 1. The number of amides is 2. The Morgan fingerprint density at radius 3 is 2.73 bits per heavy atom. The average Bonchev–Trinajstić information content (AvgIpc) is 3.35. The Hall–Kier alpha value is -2.75. The third-order valence-electron chi connectivity index (χ3n) is 6.43. The fourth-order valence-electron chi connectivity index (χ4n) is 4.39. The molecule has 3 N–H and O–H groups in total. The van der Waals surface area contributed by atoms with Crippen molar-refractivity contribution in [2.75, 3.05) is 32.0 Å². The minimum atomic E-state index is -0.834. The van der Waals surface area contributed by atoms with Crippen molar-refractivity contribution < 1.29 is 33.4 Å². The van der Waals surface area contributed by atoms with Crippen molar-refractivity contribution in [2.24, 2.45) is 10.6 Å². The van der Waals surface area contributed by atoms with E-state index in [1.54, 1.807) is 31.1 Å². The summed E-state index contributed by atoms with van der Waals surface area (Å²) in [6, 6.07) is -0.834. The Labute approximate surface area is 246 Å². The molecule has 2 amide bonds. The highest BCUT2D eigenvalue weighted by Gasteiger charge is 2.54. The van der Waals surface area contributed by atoms with E-state index in [2.05, 4.69) is 15.5 Å². The average molecular weight is 612 g/mol. The topological polar surface area (TPSA) is 155 Å². The van der Waals surface area contributed by atoms with Gasteiger partial charge in [-0.2, -0.15) is 0 Å². The maximum Gasteiger partial charge on any atom is 0.314 e. The van der Waals surface area contributed by atoms with Crippen LogP contribution in [0.5, 0.6) is 0 Å². The zero-order chi connectivity index (χ0) is 29.0. The molecule has 0 aromatic carbocycles. The SMILES string of the molecule is CO/N=C(/C(=O)NC1C(=O)N2C(C(=S)OCOC(=O)C(C)(C)C)=C(CC3CCCCO3)CS[C@H]12)c1csc(N)n1. The van der Waals surface area contributed by atoms with Gasteiger partial charge in [-0.15, -0.1) is 23.1 Å². The summed E-state index contributed by atoms with van der Waals surface area (Å²) < 4.78 is 16.8. The zero-order valence-corrected chi connectivity index (χ0v) is 25.2. The van der Waals surface area contributed by atoms with E-state index < -0.39 is 28.7 Å². The highest BCUT2D eigenvalue weighted by atomic mass is 32.2. The van der Waals surface area contributed by atoms with Crippen molar-refractivity contribution in [2.45, 2.75) is 64.0 Å². The van der Waals surface area contributed by atoms with Crippen LogP contribution in [-0.4, -0.2) is 82.2 Å². The molecular formula is C25H33N5O7S3. The molecule has 1 aromatic heterocycles. The molecule has 2 unspecified atom stereocenters. The van der Waals surface area contributed by atoms with Crippen LogP contribution in [0, 0.1) is 5.41 Å². The van der Waals surface area contributed by atoms with E-state index in [-0.39, 0.29) is 40.4 Å². The largest absolute Gasteiger partial charge is 0.445 e. The van der Waals surface area contributed by atoms with Crippen molar-refractivity contribution in [1.29, 1.82) is 0 Å². The number of nitrogens with one attached hydrogen (secondary N) is 1. The second-order valence-corrected chi connectivity index (χ2v) is 12.8. The quantitative estimate of drug-likeness (QED) is 0.106. The van der Waals surface area contributed by atoms with Gasteiger partial charge in [0.2, 0.25) is 11.8 Å². The molecule has 0 saturated carbocycles. The van der Waals surface area contributed by atoms with Gasteiger partial charge in [-0.05, 0) is 64.2 Å². The number of thiazole rings is 1. The molecule has 0 aliphatic carbocycles. The number of anilines is 1. The fraction of sp³-hybridized carbons (Fsp3) is 0.600. The van der Waals surface area contributed by atoms with Gasteiger partial charge in [0.05, 0.1) is 17.2 Å². The number of nitrogen functional groups attached to an aromatic ring is 1. The summed E-state index contributed by atoms with van der Waals surface area (Å²) in [4.78, 5) is 49.2. The molecule has 0 radical (unpaired) electrons. The maximum atomic E-state index is 13.4. The number of ether oxygens (including phenoxy) is 3. The molecule has 4 heterocycles. The normalized spacial score (nSPS) is 23.2. The molecule has 15 heteroatoms. The lowest BCUT2D eigenvalue weighted by Gasteiger charge is -2.50. The molecule has 4 rings (SSSR count). The number of hydrogen-bond donors (Lipinski definition) is 2. The minimum absolute atomic E-state index is 0.0163. The summed E-state index contributed by atoms with van der Waals surface area (Å²) >= 11 is 8.26. The van der Waals surface area contributed by atoms with Crippen molar-refractivity contribution >= 4 is 69.0 Å². The highest BCUT2D eigenvalue weighted by molar-refractivity contribution is 8.00. The number of nitrogens with two attached hydrogens (primary N) is 1. The lowest BCUT2D eigenvalue weighted by Crippen LogP contribution is -2.71. The van der Waals surface area contributed by atoms with Crippen molar-refractivity contribution in [3.63, 3.8) is 0 Å². The van der Waals surface area contributed by atoms with Crippen molar-refractivity contribution in [3.8, 4) is 0 Å². The minimum Gasteiger partial charge on any atom is -0.445 e. The van der Waals surface area contributed by atoms with E-state index >= 15 is 0 Å². The van der Waals surface area contributed by atoms with Gasteiger partial charge in [0.1, 0.15) is 24.2 Å². The van der Waals surface area contributed by atoms with Gasteiger partial charge in [-0.3, -0.25) is 19.3 Å². The number of aromatic nitrogens is 1. The van der Waals surface area contributed by atoms with E-state index in [1.165, 1.54) is 18.9 Å². The van der Waals surface area contributed by atoms with Gasteiger partial charge in [-0.25, -0.2) is 4.98 Å². The number of esters is 1. The molecule has 2 fully saturated rings. The molecule has 40 heavy (non-hydrogen) atoms. The monoisotopic (exact) mass is 611 g/mol. The van der Waals surface area contributed by atoms with Crippen LogP contribution in [0.3, 0.4) is 0 Å².